The number of hydrogen-bond donors (Lipinski definition) is 0. The summed E-state index contributed by atoms with van der Waals surface area (Å²) >= 11 is 1.64. The van der Waals surface area contributed by atoms with Gasteiger partial charge in [0.05, 0.1) is 17.2 Å². The first-order chi connectivity index (χ1) is 11.7. The third-order valence-corrected chi connectivity index (χ3v) is 4.75. The average molecular weight is 340 g/mol. The summed E-state index contributed by atoms with van der Waals surface area (Å²) in [6.07, 6.45) is 4.60. The summed E-state index contributed by atoms with van der Waals surface area (Å²) in [7, 11) is 0. The van der Waals surface area contributed by atoms with E-state index in [1.54, 1.807) is 16.4 Å². The highest BCUT2D eigenvalue weighted by molar-refractivity contribution is 7.99. The van der Waals surface area contributed by atoms with Gasteiger partial charge in [0.1, 0.15) is 0 Å². The van der Waals surface area contributed by atoms with Gasteiger partial charge in [-0.1, -0.05) is 36.9 Å². The molecule has 2 aromatic heterocycles. The first kappa shape index (κ1) is 16.5. The Balaban J connectivity index is 2.00. The minimum atomic E-state index is 0.561. The monoisotopic (exact) mass is 340 g/mol. The Bertz CT molecular complexity index is 800. The number of ether oxygens (including phenoxy) is 1. The molecular formula is C18H20N4OS. The van der Waals surface area contributed by atoms with Crippen molar-refractivity contribution in [2.45, 2.75) is 37.0 Å². The highest BCUT2D eigenvalue weighted by atomic mass is 32.2. The van der Waals surface area contributed by atoms with Crippen LogP contribution in [0.3, 0.4) is 0 Å². The molecule has 5 nitrogen and oxygen atoms in total. The van der Waals surface area contributed by atoms with E-state index in [9.17, 15) is 0 Å². The predicted molar refractivity (Wildman–Crippen MR) is 95.0 cm³/mol. The fourth-order valence-electron chi connectivity index (χ4n) is 2.25. The minimum Gasteiger partial charge on any atom is -0.476 e. The third-order valence-electron chi connectivity index (χ3n) is 3.56. The molecule has 0 fully saturated rings. The highest BCUT2D eigenvalue weighted by Crippen LogP contribution is 2.37. The second-order valence-corrected chi connectivity index (χ2v) is 6.31. The lowest BCUT2D eigenvalue weighted by Crippen LogP contribution is -2.05. The summed E-state index contributed by atoms with van der Waals surface area (Å²) < 4.78 is 7.47. The molecule has 0 unspecified atom stereocenters. The van der Waals surface area contributed by atoms with Crippen molar-refractivity contribution >= 4 is 11.8 Å². The Labute approximate surface area is 146 Å². The number of hydrogen-bond acceptors (Lipinski definition) is 5. The van der Waals surface area contributed by atoms with Crippen molar-refractivity contribution in [1.82, 2.24) is 19.7 Å². The molecule has 0 aliphatic heterocycles. The second kappa shape index (κ2) is 7.49. The van der Waals surface area contributed by atoms with Crippen LogP contribution >= 0.6 is 11.8 Å². The molecule has 0 spiro atoms. The maximum absolute atomic E-state index is 5.73. The number of benzene rings is 1. The van der Waals surface area contributed by atoms with E-state index < -0.39 is 0 Å². The van der Waals surface area contributed by atoms with Crippen molar-refractivity contribution in [3.8, 4) is 11.8 Å². The van der Waals surface area contributed by atoms with Gasteiger partial charge in [0.15, 0.2) is 0 Å². The molecule has 0 amide bonds. The molecule has 124 valence electrons. The lowest BCUT2D eigenvalue weighted by atomic mass is 10.3. The second-order valence-electron chi connectivity index (χ2n) is 5.22. The standard InChI is InChI=1S/C18H20N4OS/c1-4-14-11-19-18(20-12-14)22-13(3)16(17(21-22)23-5-2)24-15-9-7-6-8-10-15/h6-12H,4-5H2,1-3H3. The van der Waals surface area contributed by atoms with Gasteiger partial charge in [-0.25, -0.2) is 9.97 Å². The Morgan fingerprint density at radius 2 is 1.79 bits per heavy atom. The zero-order chi connectivity index (χ0) is 16.9. The molecule has 0 saturated heterocycles. The minimum absolute atomic E-state index is 0.561. The molecule has 0 saturated carbocycles. The van der Waals surface area contributed by atoms with Crippen LogP contribution in [-0.2, 0) is 6.42 Å². The van der Waals surface area contributed by atoms with Crippen molar-refractivity contribution < 1.29 is 4.74 Å². The first-order valence-corrected chi connectivity index (χ1v) is 8.81. The van der Waals surface area contributed by atoms with Crippen molar-refractivity contribution in [2.75, 3.05) is 6.61 Å². The maximum Gasteiger partial charge on any atom is 0.250 e. The van der Waals surface area contributed by atoms with Crippen LogP contribution < -0.4 is 4.74 Å². The summed E-state index contributed by atoms with van der Waals surface area (Å²) in [6, 6.07) is 10.2. The Morgan fingerprint density at radius 1 is 1.08 bits per heavy atom. The smallest absolute Gasteiger partial charge is 0.250 e. The van der Waals surface area contributed by atoms with E-state index in [0.717, 1.165) is 27.5 Å². The summed E-state index contributed by atoms with van der Waals surface area (Å²) in [5.74, 6) is 1.18. The van der Waals surface area contributed by atoms with E-state index in [2.05, 4.69) is 34.1 Å². The molecule has 0 bridgehead atoms. The Morgan fingerprint density at radius 3 is 2.42 bits per heavy atom. The van der Waals surface area contributed by atoms with Gasteiger partial charge in [-0.2, -0.15) is 4.68 Å². The van der Waals surface area contributed by atoms with E-state index in [1.807, 2.05) is 44.4 Å². The van der Waals surface area contributed by atoms with E-state index in [4.69, 9.17) is 4.74 Å². The Hall–Kier alpha value is -2.34. The van der Waals surface area contributed by atoms with Crippen molar-refractivity contribution in [2.24, 2.45) is 0 Å². The van der Waals surface area contributed by atoms with E-state index in [1.165, 1.54) is 0 Å². The molecular weight excluding hydrogens is 320 g/mol. The van der Waals surface area contributed by atoms with Crippen LogP contribution in [0.4, 0.5) is 0 Å². The average Bonchev–Trinajstić information content (AvgIpc) is 2.93. The third kappa shape index (κ3) is 3.43. The number of nitrogens with zero attached hydrogens (tertiary/aromatic N) is 4. The molecule has 0 aliphatic rings. The van der Waals surface area contributed by atoms with Crippen LogP contribution in [0.15, 0.2) is 52.5 Å². The number of aryl methyl sites for hydroxylation is 1. The van der Waals surface area contributed by atoms with Crippen LogP contribution in [0, 0.1) is 6.92 Å². The largest absolute Gasteiger partial charge is 0.476 e. The van der Waals surface area contributed by atoms with Crippen LogP contribution in [0.1, 0.15) is 25.1 Å². The normalized spacial score (nSPS) is 10.8. The van der Waals surface area contributed by atoms with Gasteiger partial charge in [-0.05, 0) is 38.0 Å². The van der Waals surface area contributed by atoms with E-state index >= 15 is 0 Å². The van der Waals surface area contributed by atoms with Crippen LogP contribution in [0.25, 0.3) is 5.95 Å². The zero-order valence-corrected chi connectivity index (χ0v) is 14.9. The fraction of sp³-hybridized carbons (Fsp3) is 0.278. The van der Waals surface area contributed by atoms with Crippen molar-refractivity contribution in [3.05, 3.63) is 54.0 Å². The van der Waals surface area contributed by atoms with Gasteiger partial charge in [0, 0.05) is 17.3 Å². The molecule has 6 heteroatoms. The summed E-state index contributed by atoms with van der Waals surface area (Å²) in [5, 5.41) is 4.57. The van der Waals surface area contributed by atoms with Crippen LogP contribution in [0.5, 0.6) is 5.88 Å². The molecule has 24 heavy (non-hydrogen) atoms. The zero-order valence-electron chi connectivity index (χ0n) is 14.1. The lowest BCUT2D eigenvalue weighted by molar-refractivity contribution is 0.317. The molecule has 0 aliphatic carbocycles. The fourth-order valence-corrected chi connectivity index (χ4v) is 3.20. The summed E-state index contributed by atoms with van der Waals surface area (Å²) in [4.78, 5) is 11.0. The number of rotatable bonds is 6. The predicted octanol–water partition coefficient (Wildman–Crippen LogP) is 4.08. The maximum atomic E-state index is 5.73. The molecule has 0 atom stereocenters. The van der Waals surface area contributed by atoms with Gasteiger partial charge in [0.25, 0.3) is 5.95 Å². The molecule has 0 N–H and O–H groups in total. The summed E-state index contributed by atoms with van der Waals surface area (Å²) in [6.45, 7) is 6.61. The molecule has 1 aromatic carbocycles. The lowest BCUT2D eigenvalue weighted by Gasteiger charge is -2.04. The van der Waals surface area contributed by atoms with Crippen LogP contribution in [0.2, 0.25) is 0 Å². The van der Waals surface area contributed by atoms with Gasteiger partial charge < -0.3 is 4.74 Å². The van der Waals surface area contributed by atoms with Crippen LogP contribution in [-0.4, -0.2) is 26.4 Å². The molecule has 3 aromatic rings. The molecule has 3 rings (SSSR count). The topological polar surface area (TPSA) is 52.8 Å². The quantitative estimate of drug-likeness (QED) is 0.677. The van der Waals surface area contributed by atoms with Crippen molar-refractivity contribution in [1.29, 1.82) is 0 Å². The summed E-state index contributed by atoms with van der Waals surface area (Å²) in [5.41, 5.74) is 2.07. The number of aromatic nitrogens is 4. The Kier molecular flexibility index (Phi) is 5.15. The highest BCUT2D eigenvalue weighted by Gasteiger charge is 2.19. The van der Waals surface area contributed by atoms with Crippen molar-refractivity contribution in [3.63, 3.8) is 0 Å². The van der Waals surface area contributed by atoms with Gasteiger partial charge in [-0.3, -0.25) is 0 Å². The first-order valence-electron chi connectivity index (χ1n) is 7.99. The molecule has 0 radical (unpaired) electrons. The van der Waals surface area contributed by atoms with E-state index in [-0.39, 0.29) is 0 Å². The van der Waals surface area contributed by atoms with Gasteiger partial charge >= 0.3 is 0 Å². The van der Waals surface area contributed by atoms with Gasteiger partial charge in [-0.15, -0.1) is 5.10 Å². The SMILES string of the molecule is CCOc1nn(-c2ncc(CC)cn2)c(C)c1Sc1ccccc1. The van der Waals surface area contributed by atoms with E-state index in [0.29, 0.717) is 18.4 Å². The molecule has 2 heterocycles. The van der Waals surface area contributed by atoms with Gasteiger partial charge in [0.2, 0.25) is 5.88 Å².